The molecule has 0 aromatic heterocycles. The third-order valence-electron chi connectivity index (χ3n) is 2.65. The third-order valence-corrected chi connectivity index (χ3v) is 2.65. The second kappa shape index (κ2) is 5.36. The van der Waals surface area contributed by atoms with Crippen LogP contribution in [-0.4, -0.2) is 24.5 Å². The van der Waals surface area contributed by atoms with Crippen LogP contribution in [-0.2, 0) is 0 Å². The smallest absolute Gasteiger partial charge is 0.0190 e. The van der Waals surface area contributed by atoms with Gasteiger partial charge >= 0.3 is 0 Å². The molecule has 12 heavy (non-hydrogen) atoms. The molecule has 0 spiro atoms. The van der Waals surface area contributed by atoms with Gasteiger partial charge in [0.25, 0.3) is 0 Å². The Morgan fingerprint density at radius 3 is 2.25 bits per heavy atom. The van der Waals surface area contributed by atoms with Gasteiger partial charge in [0.15, 0.2) is 0 Å². The Morgan fingerprint density at radius 1 is 1.17 bits per heavy atom. The standard InChI is InChI=1S/C11H21N/c1-3-11(2)10-12-8-6-4-5-7-9-12/h2-10H2,1H3. The lowest BCUT2D eigenvalue weighted by Crippen LogP contribution is -2.26. The van der Waals surface area contributed by atoms with Gasteiger partial charge in [-0.3, -0.25) is 4.90 Å². The molecule has 0 saturated carbocycles. The van der Waals surface area contributed by atoms with Crippen LogP contribution in [0.25, 0.3) is 0 Å². The van der Waals surface area contributed by atoms with Crippen LogP contribution in [0.2, 0.25) is 0 Å². The van der Waals surface area contributed by atoms with E-state index >= 15 is 0 Å². The van der Waals surface area contributed by atoms with Crippen molar-refractivity contribution in [1.82, 2.24) is 4.90 Å². The maximum absolute atomic E-state index is 4.06. The van der Waals surface area contributed by atoms with Crippen LogP contribution in [0.15, 0.2) is 12.2 Å². The highest BCUT2D eigenvalue weighted by Gasteiger charge is 2.08. The molecule has 0 atom stereocenters. The minimum atomic E-state index is 1.14. The Hall–Kier alpha value is -0.300. The SMILES string of the molecule is C=C(CC)CN1CCCCCC1. The summed E-state index contributed by atoms with van der Waals surface area (Å²) in [7, 11) is 0. The highest BCUT2D eigenvalue weighted by atomic mass is 15.1. The Balaban J connectivity index is 2.24. The molecular formula is C11H21N. The lowest BCUT2D eigenvalue weighted by atomic mass is 10.2. The van der Waals surface area contributed by atoms with Gasteiger partial charge in [0.2, 0.25) is 0 Å². The summed E-state index contributed by atoms with van der Waals surface area (Å²) in [6, 6.07) is 0. The predicted molar refractivity (Wildman–Crippen MR) is 54.3 cm³/mol. The lowest BCUT2D eigenvalue weighted by molar-refractivity contribution is 0.307. The van der Waals surface area contributed by atoms with Gasteiger partial charge < -0.3 is 0 Å². The van der Waals surface area contributed by atoms with Crippen molar-refractivity contribution in [2.75, 3.05) is 19.6 Å². The highest BCUT2D eigenvalue weighted by Crippen LogP contribution is 2.11. The fourth-order valence-corrected chi connectivity index (χ4v) is 1.72. The third kappa shape index (κ3) is 3.40. The summed E-state index contributed by atoms with van der Waals surface area (Å²) >= 11 is 0. The fourth-order valence-electron chi connectivity index (χ4n) is 1.72. The molecule has 1 heteroatoms. The second-order valence-corrected chi connectivity index (χ2v) is 3.79. The average Bonchev–Trinajstić information content (AvgIpc) is 2.33. The molecule has 0 amide bonds. The Morgan fingerprint density at radius 2 is 1.75 bits per heavy atom. The van der Waals surface area contributed by atoms with E-state index in [-0.39, 0.29) is 0 Å². The zero-order valence-corrected chi connectivity index (χ0v) is 8.31. The molecule has 1 aliphatic rings. The van der Waals surface area contributed by atoms with Gasteiger partial charge in [0, 0.05) is 6.54 Å². The van der Waals surface area contributed by atoms with Crippen molar-refractivity contribution >= 4 is 0 Å². The molecule has 0 aromatic carbocycles. The molecule has 0 bridgehead atoms. The van der Waals surface area contributed by atoms with Crippen molar-refractivity contribution in [1.29, 1.82) is 0 Å². The monoisotopic (exact) mass is 167 g/mol. The van der Waals surface area contributed by atoms with Crippen molar-refractivity contribution < 1.29 is 0 Å². The fraction of sp³-hybridized carbons (Fsp3) is 0.818. The molecule has 1 nitrogen and oxygen atoms in total. The van der Waals surface area contributed by atoms with Gasteiger partial charge in [-0.1, -0.05) is 31.9 Å². The molecular weight excluding hydrogens is 146 g/mol. The molecule has 1 saturated heterocycles. The van der Waals surface area contributed by atoms with Gasteiger partial charge in [-0.2, -0.15) is 0 Å². The molecule has 0 radical (unpaired) electrons. The largest absolute Gasteiger partial charge is 0.299 e. The van der Waals surface area contributed by atoms with Crippen molar-refractivity contribution in [3.63, 3.8) is 0 Å². The van der Waals surface area contributed by atoms with Crippen LogP contribution < -0.4 is 0 Å². The summed E-state index contributed by atoms with van der Waals surface area (Å²) < 4.78 is 0. The zero-order chi connectivity index (χ0) is 8.81. The Kier molecular flexibility index (Phi) is 4.37. The summed E-state index contributed by atoms with van der Waals surface area (Å²) in [6.45, 7) is 9.97. The second-order valence-electron chi connectivity index (χ2n) is 3.79. The molecule has 0 aromatic rings. The minimum Gasteiger partial charge on any atom is -0.299 e. The van der Waals surface area contributed by atoms with Gasteiger partial charge in [0.1, 0.15) is 0 Å². The van der Waals surface area contributed by atoms with Crippen molar-refractivity contribution in [2.45, 2.75) is 39.0 Å². The number of hydrogen-bond donors (Lipinski definition) is 0. The van der Waals surface area contributed by atoms with Crippen molar-refractivity contribution in [3.8, 4) is 0 Å². The van der Waals surface area contributed by atoms with Crippen LogP contribution >= 0.6 is 0 Å². The van der Waals surface area contributed by atoms with Gasteiger partial charge in [-0.15, -0.1) is 0 Å². The summed E-state index contributed by atoms with van der Waals surface area (Å²) in [5, 5.41) is 0. The van der Waals surface area contributed by atoms with Crippen LogP contribution in [0.3, 0.4) is 0 Å². The van der Waals surface area contributed by atoms with E-state index in [2.05, 4.69) is 18.4 Å². The first-order valence-corrected chi connectivity index (χ1v) is 5.22. The maximum Gasteiger partial charge on any atom is 0.0190 e. The van der Waals surface area contributed by atoms with Crippen molar-refractivity contribution in [3.05, 3.63) is 12.2 Å². The predicted octanol–water partition coefficient (Wildman–Crippen LogP) is 2.83. The molecule has 0 N–H and O–H groups in total. The van der Waals surface area contributed by atoms with Gasteiger partial charge in [-0.05, 0) is 32.4 Å². The van der Waals surface area contributed by atoms with Crippen LogP contribution in [0.5, 0.6) is 0 Å². The Labute approximate surface area is 76.5 Å². The molecule has 1 heterocycles. The summed E-state index contributed by atoms with van der Waals surface area (Å²) in [5.74, 6) is 0. The van der Waals surface area contributed by atoms with Gasteiger partial charge in [-0.25, -0.2) is 0 Å². The number of rotatable bonds is 3. The molecule has 70 valence electrons. The quantitative estimate of drug-likeness (QED) is 0.584. The average molecular weight is 167 g/mol. The van der Waals surface area contributed by atoms with E-state index in [0.29, 0.717) is 0 Å². The van der Waals surface area contributed by atoms with Crippen LogP contribution in [0.4, 0.5) is 0 Å². The first-order valence-electron chi connectivity index (χ1n) is 5.22. The van der Waals surface area contributed by atoms with E-state index in [0.717, 1.165) is 13.0 Å². The maximum atomic E-state index is 4.06. The normalized spacial score (nSPS) is 20.4. The summed E-state index contributed by atoms with van der Waals surface area (Å²) in [6.07, 6.45) is 6.76. The topological polar surface area (TPSA) is 3.24 Å². The first kappa shape index (κ1) is 9.79. The molecule has 0 unspecified atom stereocenters. The van der Waals surface area contributed by atoms with E-state index in [1.165, 1.54) is 44.3 Å². The number of likely N-dealkylation sites (tertiary alicyclic amines) is 1. The molecule has 1 fully saturated rings. The van der Waals surface area contributed by atoms with Crippen molar-refractivity contribution in [2.24, 2.45) is 0 Å². The zero-order valence-electron chi connectivity index (χ0n) is 8.31. The molecule has 1 rings (SSSR count). The Bertz CT molecular complexity index is 132. The van der Waals surface area contributed by atoms with Crippen LogP contribution in [0.1, 0.15) is 39.0 Å². The lowest BCUT2D eigenvalue weighted by Gasteiger charge is -2.20. The van der Waals surface area contributed by atoms with E-state index in [1.807, 2.05) is 0 Å². The molecule has 1 aliphatic heterocycles. The van der Waals surface area contributed by atoms with E-state index < -0.39 is 0 Å². The van der Waals surface area contributed by atoms with Gasteiger partial charge in [0.05, 0.1) is 0 Å². The van der Waals surface area contributed by atoms with Crippen LogP contribution in [0, 0.1) is 0 Å². The van der Waals surface area contributed by atoms with E-state index in [1.54, 1.807) is 0 Å². The number of hydrogen-bond acceptors (Lipinski definition) is 1. The summed E-state index contributed by atoms with van der Waals surface area (Å²) in [4.78, 5) is 2.55. The molecule has 0 aliphatic carbocycles. The first-order chi connectivity index (χ1) is 5.83. The summed E-state index contributed by atoms with van der Waals surface area (Å²) in [5.41, 5.74) is 1.39. The highest BCUT2D eigenvalue weighted by molar-refractivity contribution is 4.96. The number of nitrogens with zero attached hydrogens (tertiary/aromatic N) is 1. The van der Waals surface area contributed by atoms with E-state index in [9.17, 15) is 0 Å². The van der Waals surface area contributed by atoms with E-state index in [4.69, 9.17) is 0 Å². The minimum absolute atomic E-state index is 1.14.